The van der Waals surface area contributed by atoms with E-state index >= 15 is 0 Å². The maximum atomic E-state index is 13.3. The summed E-state index contributed by atoms with van der Waals surface area (Å²) >= 11 is 0. The first-order valence-electron chi connectivity index (χ1n) is 7.78. The summed E-state index contributed by atoms with van der Waals surface area (Å²) in [6, 6.07) is 7.04. The van der Waals surface area contributed by atoms with E-state index in [0.29, 0.717) is 25.1 Å². The number of hydrogen-bond acceptors (Lipinski definition) is 4. The zero-order chi connectivity index (χ0) is 18.9. The summed E-state index contributed by atoms with van der Waals surface area (Å²) in [6.07, 6.45) is 1.10. The van der Waals surface area contributed by atoms with Gasteiger partial charge in [-0.15, -0.1) is 0 Å². The Hall–Kier alpha value is -2.68. The van der Waals surface area contributed by atoms with Gasteiger partial charge < -0.3 is 9.64 Å². The highest BCUT2D eigenvalue weighted by molar-refractivity contribution is 7.92. The lowest BCUT2D eigenvalue weighted by Crippen LogP contribution is -2.24. The molecule has 0 bridgehead atoms. The molecule has 138 valence electrons. The lowest BCUT2D eigenvalue weighted by atomic mass is 10.3. The van der Waals surface area contributed by atoms with Crippen molar-refractivity contribution < 1.29 is 26.7 Å². The van der Waals surface area contributed by atoms with E-state index < -0.39 is 21.7 Å². The number of amides is 1. The van der Waals surface area contributed by atoms with Crippen LogP contribution in [0.1, 0.15) is 12.8 Å². The largest absolute Gasteiger partial charge is 0.495 e. The molecule has 1 aliphatic heterocycles. The molecule has 2 aromatic carbocycles. The molecular weight excluding hydrogens is 366 g/mol. The third kappa shape index (κ3) is 3.48. The van der Waals surface area contributed by atoms with Crippen LogP contribution in [0.15, 0.2) is 41.3 Å². The van der Waals surface area contributed by atoms with Crippen LogP contribution in [0.25, 0.3) is 0 Å². The Kier molecular flexibility index (Phi) is 4.82. The van der Waals surface area contributed by atoms with Crippen LogP contribution in [0.3, 0.4) is 0 Å². The lowest BCUT2D eigenvalue weighted by Gasteiger charge is -2.18. The van der Waals surface area contributed by atoms with E-state index in [4.69, 9.17) is 4.74 Å². The van der Waals surface area contributed by atoms with Gasteiger partial charge in [0.15, 0.2) is 11.6 Å². The summed E-state index contributed by atoms with van der Waals surface area (Å²) in [5.41, 5.74) is 0.299. The van der Waals surface area contributed by atoms with Gasteiger partial charge in [-0.3, -0.25) is 9.52 Å². The van der Waals surface area contributed by atoms with Crippen LogP contribution in [0.4, 0.5) is 20.2 Å². The minimum Gasteiger partial charge on any atom is -0.495 e. The number of nitrogens with one attached hydrogen (secondary N) is 1. The number of ether oxygens (including phenoxy) is 1. The maximum absolute atomic E-state index is 13.3. The van der Waals surface area contributed by atoms with Crippen molar-refractivity contribution in [3.05, 3.63) is 48.0 Å². The topological polar surface area (TPSA) is 75.7 Å². The van der Waals surface area contributed by atoms with E-state index in [-0.39, 0.29) is 22.2 Å². The molecule has 0 aliphatic carbocycles. The molecule has 0 atom stereocenters. The molecule has 3 rings (SSSR count). The average Bonchev–Trinajstić information content (AvgIpc) is 3.03. The van der Waals surface area contributed by atoms with Gasteiger partial charge in [0.1, 0.15) is 10.6 Å². The lowest BCUT2D eigenvalue weighted by molar-refractivity contribution is -0.117. The molecule has 0 saturated carbocycles. The van der Waals surface area contributed by atoms with Crippen molar-refractivity contribution in [3.8, 4) is 5.75 Å². The molecule has 1 amide bonds. The second-order valence-corrected chi connectivity index (χ2v) is 7.37. The number of rotatable bonds is 5. The highest BCUT2D eigenvalue weighted by atomic mass is 32.2. The van der Waals surface area contributed by atoms with Gasteiger partial charge in [0.2, 0.25) is 5.91 Å². The van der Waals surface area contributed by atoms with E-state index in [0.717, 1.165) is 18.2 Å². The van der Waals surface area contributed by atoms with E-state index in [1.54, 1.807) is 6.07 Å². The van der Waals surface area contributed by atoms with Gasteiger partial charge >= 0.3 is 0 Å². The summed E-state index contributed by atoms with van der Waals surface area (Å²) in [5.74, 6) is -2.28. The molecule has 0 spiro atoms. The van der Waals surface area contributed by atoms with Crippen molar-refractivity contribution in [2.24, 2.45) is 0 Å². The Labute approximate surface area is 149 Å². The molecule has 26 heavy (non-hydrogen) atoms. The first-order chi connectivity index (χ1) is 12.3. The standard InChI is InChI=1S/C17H16F2N2O4S/c1-25-15-7-5-12(21-8-2-3-17(21)22)10-16(15)26(23,24)20-11-4-6-13(18)14(19)9-11/h4-7,9-10,20H,2-3,8H2,1H3. The summed E-state index contributed by atoms with van der Waals surface area (Å²) in [5, 5.41) is 0. The number of sulfonamides is 1. The molecule has 1 N–H and O–H groups in total. The van der Waals surface area contributed by atoms with Crippen molar-refractivity contribution >= 4 is 27.3 Å². The second-order valence-electron chi connectivity index (χ2n) is 5.72. The molecule has 9 heteroatoms. The van der Waals surface area contributed by atoms with Crippen molar-refractivity contribution in [2.75, 3.05) is 23.3 Å². The average molecular weight is 382 g/mol. The second kappa shape index (κ2) is 6.91. The molecule has 2 aromatic rings. The van der Waals surface area contributed by atoms with Crippen LogP contribution in [-0.4, -0.2) is 28.0 Å². The van der Waals surface area contributed by atoms with Gasteiger partial charge in [0, 0.05) is 24.7 Å². The fourth-order valence-corrected chi connectivity index (χ4v) is 3.97. The fraction of sp³-hybridized carbons (Fsp3) is 0.235. The maximum Gasteiger partial charge on any atom is 0.265 e. The smallest absolute Gasteiger partial charge is 0.265 e. The van der Waals surface area contributed by atoms with Crippen LogP contribution in [-0.2, 0) is 14.8 Å². The Balaban J connectivity index is 1.99. The molecule has 1 heterocycles. The minimum atomic E-state index is -4.16. The third-order valence-corrected chi connectivity index (χ3v) is 5.40. The fourth-order valence-electron chi connectivity index (χ4n) is 2.73. The van der Waals surface area contributed by atoms with E-state index in [2.05, 4.69) is 4.72 Å². The van der Waals surface area contributed by atoms with Gasteiger partial charge in [-0.2, -0.15) is 0 Å². The van der Waals surface area contributed by atoms with Gasteiger partial charge in [-0.05, 0) is 36.8 Å². The third-order valence-electron chi connectivity index (χ3n) is 3.99. The van der Waals surface area contributed by atoms with Crippen molar-refractivity contribution in [2.45, 2.75) is 17.7 Å². The zero-order valence-electron chi connectivity index (χ0n) is 13.8. The first kappa shape index (κ1) is 18.1. The van der Waals surface area contributed by atoms with Crippen molar-refractivity contribution in [3.63, 3.8) is 0 Å². The number of methoxy groups -OCH3 is 1. The number of nitrogens with zero attached hydrogens (tertiary/aromatic N) is 1. The monoisotopic (exact) mass is 382 g/mol. The number of carbonyl (C=O) groups excluding carboxylic acids is 1. The van der Waals surface area contributed by atoms with Crippen LogP contribution in [0, 0.1) is 11.6 Å². The van der Waals surface area contributed by atoms with E-state index in [1.807, 2.05) is 0 Å². The minimum absolute atomic E-state index is 0.0653. The highest BCUT2D eigenvalue weighted by Crippen LogP contribution is 2.32. The Morgan fingerprint density at radius 1 is 1.12 bits per heavy atom. The van der Waals surface area contributed by atoms with E-state index in [9.17, 15) is 22.0 Å². The molecule has 0 aromatic heterocycles. The first-order valence-corrected chi connectivity index (χ1v) is 9.26. The quantitative estimate of drug-likeness (QED) is 0.863. The van der Waals surface area contributed by atoms with E-state index in [1.165, 1.54) is 24.1 Å². The molecule has 1 fully saturated rings. The Morgan fingerprint density at radius 2 is 1.88 bits per heavy atom. The number of hydrogen-bond donors (Lipinski definition) is 1. The highest BCUT2D eigenvalue weighted by Gasteiger charge is 2.26. The van der Waals surface area contributed by atoms with Gasteiger partial charge in [-0.25, -0.2) is 17.2 Å². The van der Waals surface area contributed by atoms with Gasteiger partial charge in [-0.1, -0.05) is 0 Å². The predicted molar refractivity (Wildman–Crippen MR) is 91.7 cm³/mol. The summed E-state index contributed by atoms with van der Waals surface area (Å²) in [7, 11) is -2.85. The number of halogens is 2. The zero-order valence-corrected chi connectivity index (χ0v) is 14.6. The normalized spacial score (nSPS) is 14.6. The predicted octanol–water partition coefficient (Wildman–Crippen LogP) is 2.90. The molecule has 1 aliphatic rings. The van der Waals surface area contributed by atoms with Crippen molar-refractivity contribution in [1.82, 2.24) is 0 Å². The van der Waals surface area contributed by atoms with Crippen LogP contribution < -0.4 is 14.4 Å². The Morgan fingerprint density at radius 3 is 2.50 bits per heavy atom. The van der Waals surface area contributed by atoms with Gasteiger partial charge in [0.25, 0.3) is 10.0 Å². The summed E-state index contributed by atoms with van der Waals surface area (Å²) in [4.78, 5) is 13.2. The number of benzene rings is 2. The SMILES string of the molecule is COc1ccc(N2CCCC2=O)cc1S(=O)(=O)Nc1ccc(F)c(F)c1. The molecule has 0 unspecified atom stereocenters. The molecule has 6 nitrogen and oxygen atoms in total. The van der Waals surface area contributed by atoms with Gasteiger partial charge in [0.05, 0.1) is 12.8 Å². The molecule has 0 radical (unpaired) electrons. The molecule has 1 saturated heterocycles. The van der Waals surface area contributed by atoms with Crippen LogP contribution in [0.2, 0.25) is 0 Å². The van der Waals surface area contributed by atoms with Crippen LogP contribution >= 0.6 is 0 Å². The summed E-state index contributed by atoms with van der Waals surface area (Å²) in [6.45, 7) is 0.501. The summed E-state index contributed by atoms with van der Waals surface area (Å²) < 4.78 is 59.1. The molecular formula is C17H16F2N2O4S. The van der Waals surface area contributed by atoms with Crippen molar-refractivity contribution in [1.29, 1.82) is 0 Å². The van der Waals surface area contributed by atoms with Crippen LogP contribution in [0.5, 0.6) is 5.75 Å². The number of anilines is 2. The number of carbonyl (C=O) groups is 1. The Bertz CT molecular complexity index is 963.